The Morgan fingerprint density at radius 3 is 3.04 bits per heavy atom. The van der Waals surface area contributed by atoms with E-state index in [2.05, 4.69) is 9.88 Å². The number of amides is 1. The number of nitrogens with zero attached hydrogens (tertiary/aromatic N) is 3. The molecule has 1 fully saturated rings. The summed E-state index contributed by atoms with van der Waals surface area (Å²) in [5.41, 5.74) is 2.71. The third kappa shape index (κ3) is 2.85. The van der Waals surface area contributed by atoms with Crippen molar-refractivity contribution < 1.29 is 14.3 Å². The van der Waals surface area contributed by atoms with E-state index >= 15 is 0 Å². The van der Waals surface area contributed by atoms with E-state index in [9.17, 15) is 4.79 Å². The van der Waals surface area contributed by atoms with Crippen LogP contribution < -0.4 is 9.47 Å². The molecule has 26 heavy (non-hydrogen) atoms. The number of carbonyl (C=O) groups excluding carboxylic acids is 1. The molecule has 1 saturated heterocycles. The number of piperidine rings is 1. The largest absolute Gasteiger partial charge is 0.486 e. The van der Waals surface area contributed by atoms with Crippen LogP contribution in [0.5, 0.6) is 11.5 Å². The molecular formula is C19H21N3O3S. The third-order valence-corrected chi connectivity index (χ3v) is 6.22. The molecule has 0 bridgehead atoms. The van der Waals surface area contributed by atoms with E-state index in [-0.39, 0.29) is 18.1 Å². The van der Waals surface area contributed by atoms with E-state index in [1.54, 1.807) is 5.51 Å². The zero-order valence-electron chi connectivity index (χ0n) is 14.5. The lowest BCUT2D eigenvalue weighted by molar-refractivity contribution is 0.0306. The first-order chi connectivity index (χ1) is 12.8. The van der Waals surface area contributed by atoms with Crippen molar-refractivity contribution in [2.75, 3.05) is 26.2 Å². The summed E-state index contributed by atoms with van der Waals surface area (Å²) in [5.74, 6) is 1.80. The summed E-state index contributed by atoms with van der Waals surface area (Å²) in [6.07, 6.45) is 2.18. The number of likely N-dealkylation sites (tertiary alicyclic amines) is 1. The summed E-state index contributed by atoms with van der Waals surface area (Å²) in [6, 6.07) is 8.07. The van der Waals surface area contributed by atoms with Crippen molar-refractivity contribution in [3.8, 4) is 11.5 Å². The quantitative estimate of drug-likeness (QED) is 0.829. The Kier molecular flexibility index (Phi) is 4.05. The second kappa shape index (κ2) is 6.55. The number of ether oxygens (including phenoxy) is 2. The van der Waals surface area contributed by atoms with Gasteiger partial charge in [-0.15, -0.1) is 11.3 Å². The van der Waals surface area contributed by atoms with Crippen molar-refractivity contribution in [3.63, 3.8) is 0 Å². The molecule has 3 aliphatic heterocycles. The maximum Gasteiger partial charge on any atom is 0.266 e. The van der Waals surface area contributed by atoms with Crippen molar-refractivity contribution in [3.05, 3.63) is 40.3 Å². The van der Waals surface area contributed by atoms with Gasteiger partial charge in [0.1, 0.15) is 17.6 Å². The van der Waals surface area contributed by atoms with Crippen molar-refractivity contribution in [2.24, 2.45) is 0 Å². The molecule has 6 nitrogen and oxygen atoms in total. The Bertz CT molecular complexity index is 824. The van der Waals surface area contributed by atoms with Crippen LogP contribution in [0.2, 0.25) is 0 Å². The minimum atomic E-state index is 0.0289. The Hall–Kier alpha value is -2.12. The normalized spacial score (nSPS) is 25.4. The molecule has 136 valence electrons. The molecule has 0 aliphatic carbocycles. The molecule has 5 rings (SSSR count). The Labute approximate surface area is 156 Å². The van der Waals surface area contributed by atoms with Gasteiger partial charge in [-0.3, -0.25) is 9.69 Å². The highest BCUT2D eigenvalue weighted by atomic mass is 32.1. The second-order valence-corrected chi connectivity index (χ2v) is 7.97. The zero-order chi connectivity index (χ0) is 17.5. The summed E-state index contributed by atoms with van der Waals surface area (Å²) >= 11 is 1.46. The lowest BCUT2D eigenvalue weighted by Crippen LogP contribution is -2.51. The van der Waals surface area contributed by atoms with Crippen LogP contribution in [-0.4, -0.2) is 59.1 Å². The van der Waals surface area contributed by atoms with Gasteiger partial charge in [-0.2, -0.15) is 0 Å². The predicted molar refractivity (Wildman–Crippen MR) is 97.8 cm³/mol. The molecule has 0 radical (unpaired) electrons. The Balaban J connectivity index is 1.22. The number of fused-ring (bicyclic) bond motifs is 2. The van der Waals surface area contributed by atoms with E-state index in [0.717, 1.165) is 54.5 Å². The Morgan fingerprint density at radius 1 is 1.27 bits per heavy atom. The van der Waals surface area contributed by atoms with Gasteiger partial charge in [0.05, 0.1) is 17.7 Å². The van der Waals surface area contributed by atoms with Gasteiger partial charge in [0.25, 0.3) is 5.91 Å². The topological polar surface area (TPSA) is 54.9 Å². The number of hydrogen-bond acceptors (Lipinski definition) is 6. The average Bonchev–Trinajstić information content (AvgIpc) is 3.25. The van der Waals surface area contributed by atoms with Crippen molar-refractivity contribution >= 4 is 17.2 Å². The molecule has 7 heteroatoms. The minimum absolute atomic E-state index is 0.0289. The standard InChI is InChI=1S/C19H21N3O3S/c23-19-18-15(20-12-26-18)10-22(19)13-4-3-7-21(8-13)9-14-11-24-16-5-1-2-6-17(16)25-14/h1-2,5-6,12-14H,3-4,7-11H2. The highest BCUT2D eigenvalue weighted by molar-refractivity contribution is 7.12. The number of carbonyl (C=O) groups is 1. The summed E-state index contributed by atoms with van der Waals surface area (Å²) in [6.45, 7) is 3.99. The number of aromatic nitrogens is 1. The first-order valence-electron chi connectivity index (χ1n) is 9.12. The minimum Gasteiger partial charge on any atom is -0.486 e. The maximum absolute atomic E-state index is 12.6. The fourth-order valence-electron chi connectivity index (χ4n) is 4.11. The molecule has 2 atom stereocenters. The molecule has 0 N–H and O–H groups in total. The van der Waals surface area contributed by atoms with Crippen LogP contribution in [0.3, 0.4) is 0 Å². The average molecular weight is 371 g/mol. The molecule has 3 aliphatic rings. The van der Waals surface area contributed by atoms with Gasteiger partial charge >= 0.3 is 0 Å². The highest BCUT2D eigenvalue weighted by Gasteiger charge is 2.37. The SMILES string of the molecule is O=C1c2scnc2CN1C1CCCN(CC2COc3ccccc3O2)C1. The predicted octanol–water partition coefficient (Wildman–Crippen LogP) is 2.40. The van der Waals surface area contributed by atoms with E-state index in [1.807, 2.05) is 29.2 Å². The van der Waals surface area contributed by atoms with Gasteiger partial charge < -0.3 is 14.4 Å². The molecule has 0 saturated carbocycles. The number of benzene rings is 1. The van der Waals surface area contributed by atoms with Gasteiger partial charge in [-0.25, -0.2) is 4.98 Å². The first kappa shape index (κ1) is 16.1. The van der Waals surface area contributed by atoms with Crippen LogP contribution in [0.4, 0.5) is 0 Å². The molecule has 0 spiro atoms. The van der Waals surface area contributed by atoms with Gasteiger partial charge in [0, 0.05) is 19.1 Å². The molecule has 4 heterocycles. The maximum atomic E-state index is 12.6. The molecule has 1 amide bonds. The molecule has 1 aromatic carbocycles. The smallest absolute Gasteiger partial charge is 0.266 e. The van der Waals surface area contributed by atoms with E-state index < -0.39 is 0 Å². The Morgan fingerprint density at radius 2 is 2.15 bits per heavy atom. The van der Waals surface area contributed by atoms with Crippen LogP contribution in [0, 0.1) is 0 Å². The van der Waals surface area contributed by atoms with Gasteiger partial charge in [-0.1, -0.05) is 12.1 Å². The van der Waals surface area contributed by atoms with Gasteiger partial charge in [0.2, 0.25) is 0 Å². The molecular weight excluding hydrogens is 350 g/mol. The first-order valence-corrected chi connectivity index (χ1v) is 10.00. The number of rotatable bonds is 3. The van der Waals surface area contributed by atoms with Crippen LogP contribution in [0.15, 0.2) is 29.8 Å². The zero-order valence-corrected chi connectivity index (χ0v) is 15.3. The van der Waals surface area contributed by atoms with Crippen LogP contribution in [-0.2, 0) is 6.54 Å². The van der Waals surface area contributed by atoms with Crippen LogP contribution in [0.25, 0.3) is 0 Å². The van der Waals surface area contributed by atoms with Crippen LogP contribution in [0.1, 0.15) is 28.2 Å². The van der Waals surface area contributed by atoms with Crippen molar-refractivity contribution in [1.82, 2.24) is 14.8 Å². The third-order valence-electron chi connectivity index (χ3n) is 5.37. The monoisotopic (exact) mass is 371 g/mol. The molecule has 1 aromatic heterocycles. The van der Waals surface area contributed by atoms with E-state index in [1.165, 1.54) is 11.3 Å². The lowest BCUT2D eigenvalue weighted by Gasteiger charge is -2.39. The van der Waals surface area contributed by atoms with Gasteiger partial charge in [-0.05, 0) is 31.5 Å². The van der Waals surface area contributed by atoms with Crippen LogP contribution >= 0.6 is 11.3 Å². The van der Waals surface area contributed by atoms with E-state index in [4.69, 9.17) is 9.47 Å². The fourth-order valence-corrected chi connectivity index (χ4v) is 4.86. The van der Waals surface area contributed by atoms with Gasteiger partial charge in [0.15, 0.2) is 11.5 Å². The number of para-hydroxylation sites is 2. The highest BCUT2D eigenvalue weighted by Crippen LogP contribution is 2.32. The van der Waals surface area contributed by atoms with E-state index in [0.29, 0.717) is 13.2 Å². The van der Waals surface area contributed by atoms with Crippen molar-refractivity contribution in [1.29, 1.82) is 0 Å². The van der Waals surface area contributed by atoms with Crippen molar-refractivity contribution in [2.45, 2.75) is 31.5 Å². The summed E-state index contributed by atoms with van der Waals surface area (Å²) in [5, 5.41) is 0. The summed E-state index contributed by atoms with van der Waals surface area (Å²) < 4.78 is 11.9. The summed E-state index contributed by atoms with van der Waals surface area (Å²) in [7, 11) is 0. The fraction of sp³-hybridized carbons (Fsp3) is 0.474. The summed E-state index contributed by atoms with van der Waals surface area (Å²) in [4.78, 5) is 22.2. The lowest BCUT2D eigenvalue weighted by atomic mass is 10.0. The molecule has 2 unspecified atom stereocenters. The molecule has 2 aromatic rings. The number of hydrogen-bond donors (Lipinski definition) is 0. The second-order valence-electron chi connectivity index (χ2n) is 7.11. The number of thiazole rings is 1.